The Kier molecular flexibility index (Phi) is 5.54. The van der Waals surface area contributed by atoms with Gasteiger partial charge in [-0.1, -0.05) is 42.8 Å². The number of nitrogens with zero attached hydrogens (tertiary/aromatic N) is 2. The van der Waals surface area contributed by atoms with Crippen LogP contribution in [0.25, 0.3) is 10.8 Å². The molecule has 2 N–H and O–H groups in total. The van der Waals surface area contributed by atoms with Crippen molar-refractivity contribution in [3.63, 3.8) is 0 Å². The molecule has 7 nitrogen and oxygen atoms in total. The Hall–Kier alpha value is -3.48. The monoisotopic (exact) mass is 378 g/mol. The van der Waals surface area contributed by atoms with Crippen LogP contribution in [0.5, 0.6) is 0 Å². The van der Waals surface area contributed by atoms with Crippen molar-refractivity contribution in [2.24, 2.45) is 0 Å². The molecule has 0 spiro atoms. The fraction of sp³-hybridized carbons (Fsp3) is 0.238. The van der Waals surface area contributed by atoms with Gasteiger partial charge in [0.2, 0.25) is 0 Å². The van der Waals surface area contributed by atoms with Gasteiger partial charge in [-0.15, -0.1) is 0 Å². The maximum Gasteiger partial charge on any atom is 0.290 e. The average Bonchev–Trinajstić information content (AvgIpc) is 2.70. The van der Waals surface area contributed by atoms with Crippen molar-refractivity contribution in [3.8, 4) is 0 Å². The molecule has 0 unspecified atom stereocenters. The molecule has 0 saturated heterocycles. The Bertz CT molecular complexity index is 1120. The first-order valence-electron chi connectivity index (χ1n) is 9.10. The van der Waals surface area contributed by atoms with Crippen LogP contribution < -0.4 is 16.4 Å². The lowest BCUT2D eigenvalue weighted by molar-refractivity contribution is 0.0843. The second-order valence-electron chi connectivity index (χ2n) is 6.65. The highest BCUT2D eigenvalue weighted by Crippen LogP contribution is 2.13. The van der Waals surface area contributed by atoms with E-state index in [-0.39, 0.29) is 11.3 Å². The van der Waals surface area contributed by atoms with Gasteiger partial charge in [-0.2, -0.15) is 5.10 Å². The summed E-state index contributed by atoms with van der Waals surface area (Å²) >= 11 is 0. The van der Waals surface area contributed by atoms with Gasteiger partial charge in [0.1, 0.15) is 0 Å². The lowest BCUT2D eigenvalue weighted by Gasteiger charge is -2.12. The largest absolute Gasteiger partial charge is 0.290 e. The number of hydrogen-bond donors (Lipinski definition) is 2. The molecule has 1 aromatic heterocycles. The highest BCUT2D eigenvalue weighted by Gasteiger charge is 2.18. The number of nitrogens with one attached hydrogen (secondary N) is 2. The van der Waals surface area contributed by atoms with Crippen molar-refractivity contribution < 1.29 is 9.59 Å². The zero-order valence-corrected chi connectivity index (χ0v) is 16.1. The number of amides is 2. The smallest absolute Gasteiger partial charge is 0.267 e. The van der Waals surface area contributed by atoms with Gasteiger partial charge in [0.05, 0.1) is 5.39 Å². The summed E-state index contributed by atoms with van der Waals surface area (Å²) in [5.74, 6) is -1.000. The van der Waals surface area contributed by atoms with Gasteiger partial charge in [0.15, 0.2) is 5.69 Å². The number of carbonyl (C=O) groups is 2. The quantitative estimate of drug-likeness (QED) is 0.682. The predicted molar refractivity (Wildman–Crippen MR) is 107 cm³/mol. The van der Waals surface area contributed by atoms with E-state index in [1.54, 1.807) is 30.3 Å². The lowest BCUT2D eigenvalue weighted by Crippen LogP contribution is -2.43. The van der Waals surface area contributed by atoms with E-state index >= 15 is 0 Å². The zero-order chi connectivity index (χ0) is 20.3. The predicted octanol–water partition coefficient (Wildman–Crippen LogP) is 2.50. The van der Waals surface area contributed by atoms with Crippen LogP contribution in [-0.2, 0) is 6.54 Å². The number of hydrogen-bond acceptors (Lipinski definition) is 4. The first-order valence-corrected chi connectivity index (χ1v) is 9.10. The highest BCUT2D eigenvalue weighted by atomic mass is 16.2. The third-order valence-corrected chi connectivity index (χ3v) is 4.45. The summed E-state index contributed by atoms with van der Waals surface area (Å²) in [7, 11) is 0. The fourth-order valence-electron chi connectivity index (χ4n) is 2.99. The molecule has 144 valence electrons. The normalized spacial score (nSPS) is 10.7. The van der Waals surface area contributed by atoms with Crippen LogP contribution in [-0.4, -0.2) is 21.6 Å². The van der Waals surface area contributed by atoms with Crippen molar-refractivity contribution in [2.75, 3.05) is 0 Å². The van der Waals surface area contributed by atoms with Crippen LogP contribution in [0.4, 0.5) is 0 Å². The second-order valence-corrected chi connectivity index (χ2v) is 6.65. The third-order valence-electron chi connectivity index (χ3n) is 4.45. The average molecular weight is 378 g/mol. The number of aromatic nitrogens is 2. The molecule has 1 heterocycles. The summed E-state index contributed by atoms with van der Waals surface area (Å²) < 4.78 is 1.28. The van der Waals surface area contributed by atoms with Gasteiger partial charge in [-0.25, -0.2) is 4.68 Å². The number of hydrazine groups is 1. The van der Waals surface area contributed by atoms with Crippen LogP contribution >= 0.6 is 0 Å². The van der Waals surface area contributed by atoms with Crippen LogP contribution in [0.15, 0.2) is 47.3 Å². The van der Waals surface area contributed by atoms with E-state index in [0.717, 1.165) is 11.1 Å². The summed E-state index contributed by atoms with van der Waals surface area (Å²) in [5, 5.41) is 5.07. The minimum absolute atomic E-state index is 0.0879. The molecular weight excluding hydrogens is 356 g/mol. The van der Waals surface area contributed by atoms with Gasteiger partial charge in [-0.3, -0.25) is 25.2 Å². The summed E-state index contributed by atoms with van der Waals surface area (Å²) in [5.41, 5.74) is 6.91. The summed E-state index contributed by atoms with van der Waals surface area (Å²) in [6.45, 7) is 6.04. The maximum atomic E-state index is 12.7. The molecule has 0 aliphatic carbocycles. The molecule has 0 aliphatic heterocycles. The summed E-state index contributed by atoms with van der Waals surface area (Å²) in [4.78, 5) is 37.7. The van der Waals surface area contributed by atoms with Crippen LogP contribution in [0.2, 0.25) is 0 Å². The molecule has 28 heavy (non-hydrogen) atoms. The molecule has 0 aliphatic rings. The number of benzene rings is 2. The van der Waals surface area contributed by atoms with E-state index in [4.69, 9.17) is 0 Å². The number of aryl methyl sites for hydroxylation is 3. The van der Waals surface area contributed by atoms with Gasteiger partial charge in [0, 0.05) is 17.5 Å². The molecule has 7 heteroatoms. The van der Waals surface area contributed by atoms with Crippen molar-refractivity contribution in [3.05, 3.63) is 75.2 Å². The fourth-order valence-corrected chi connectivity index (χ4v) is 2.99. The van der Waals surface area contributed by atoms with Gasteiger partial charge < -0.3 is 0 Å². The summed E-state index contributed by atoms with van der Waals surface area (Å²) in [6.07, 6.45) is 0.704. The number of rotatable bonds is 4. The first kappa shape index (κ1) is 19.3. The van der Waals surface area contributed by atoms with E-state index < -0.39 is 11.8 Å². The van der Waals surface area contributed by atoms with Crippen molar-refractivity contribution in [1.82, 2.24) is 20.6 Å². The van der Waals surface area contributed by atoms with E-state index in [1.165, 1.54) is 4.68 Å². The van der Waals surface area contributed by atoms with Gasteiger partial charge in [-0.05, 0) is 38.0 Å². The van der Waals surface area contributed by atoms with Crippen molar-refractivity contribution in [1.29, 1.82) is 0 Å². The Labute approximate surface area is 162 Å². The lowest BCUT2D eigenvalue weighted by atomic mass is 10.1. The van der Waals surface area contributed by atoms with E-state index in [9.17, 15) is 14.4 Å². The van der Waals surface area contributed by atoms with Crippen LogP contribution in [0.1, 0.15) is 45.3 Å². The number of carbonyl (C=O) groups excluding carboxylic acids is 2. The molecule has 2 aromatic carbocycles. The SMILES string of the molecule is CCCn1nc(C(=O)NNC(=O)c2cc(C)ccc2C)c2ccccc2c1=O. The molecule has 0 radical (unpaired) electrons. The topological polar surface area (TPSA) is 93.1 Å². The van der Waals surface area contributed by atoms with Crippen molar-refractivity contribution in [2.45, 2.75) is 33.7 Å². The molecule has 0 fully saturated rings. The zero-order valence-electron chi connectivity index (χ0n) is 16.1. The van der Waals surface area contributed by atoms with E-state index in [2.05, 4.69) is 16.0 Å². The number of fused-ring (bicyclic) bond motifs is 1. The Morgan fingerprint density at radius 1 is 1.00 bits per heavy atom. The molecular formula is C21H22N4O3. The van der Waals surface area contributed by atoms with Crippen LogP contribution in [0, 0.1) is 13.8 Å². The molecule has 3 rings (SSSR count). The molecule has 2 amide bonds. The van der Waals surface area contributed by atoms with Gasteiger partial charge >= 0.3 is 0 Å². The second kappa shape index (κ2) is 8.04. The standard InChI is InChI=1S/C21H22N4O3/c1-4-11-25-21(28)16-8-6-5-7-15(16)18(24-25)20(27)23-22-19(26)17-12-13(2)9-10-14(17)3/h5-10,12H,4,11H2,1-3H3,(H,22,26)(H,23,27). The highest BCUT2D eigenvalue weighted by molar-refractivity contribution is 6.06. The Morgan fingerprint density at radius 2 is 1.68 bits per heavy atom. The Balaban J connectivity index is 1.89. The summed E-state index contributed by atoms with van der Waals surface area (Å²) in [6, 6.07) is 12.3. The van der Waals surface area contributed by atoms with E-state index in [1.807, 2.05) is 32.9 Å². The first-order chi connectivity index (χ1) is 13.4. The van der Waals surface area contributed by atoms with Crippen LogP contribution in [0.3, 0.4) is 0 Å². The Morgan fingerprint density at radius 3 is 2.39 bits per heavy atom. The minimum Gasteiger partial charge on any atom is -0.267 e. The van der Waals surface area contributed by atoms with E-state index in [0.29, 0.717) is 29.3 Å². The minimum atomic E-state index is -0.584. The van der Waals surface area contributed by atoms with Gasteiger partial charge in [0.25, 0.3) is 17.4 Å². The third kappa shape index (κ3) is 3.78. The molecule has 0 atom stereocenters. The molecule has 3 aromatic rings. The van der Waals surface area contributed by atoms with Crippen molar-refractivity contribution >= 4 is 22.6 Å². The molecule has 0 saturated carbocycles. The maximum absolute atomic E-state index is 12.7. The molecule has 0 bridgehead atoms.